The maximum atomic E-state index is 6.26. The van der Waals surface area contributed by atoms with Gasteiger partial charge in [0, 0.05) is 12.6 Å². The second-order valence-corrected chi connectivity index (χ2v) is 8.44. The molecule has 1 saturated heterocycles. The fraction of sp³-hybridized carbons (Fsp3) is 1.00. The molecule has 2 aliphatic carbocycles. The molecule has 0 radical (unpaired) electrons. The van der Waals surface area contributed by atoms with Gasteiger partial charge in [0.25, 0.3) is 0 Å². The van der Waals surface area contributed by atoms with Gasteiger partial charge in [-0.05, 0) is 69.6 Å². The fourth-order valence-electron chi connectivity index (χ4n) is 4.51. The van der Waals surface area contributed by atoms with Crippen molar-refractivity contribution in [3.8, 4) is 0 Å². The van der Waals surface area contributed by atoms with Gasteiger partial charge in [-0.1, -0.05) is 13.8 Å². The molecule has 19 heavy (non-hydrogen) atoms. The molecule has 1 heterocycles. The first-order chi connectivity index (χ1) is 8.88. The van der Waals surface area contributed by atoms with E-state index in [9.17, 15) is 0 Å². The van der Waals surface area contributed by atoms with Crippen LogP contribution in [0.4, 0.5) is 0 Å². The molecule has 0 bridgehead atoms. The Bertz CT molecular complexity index is 326. The van der Waals surface area contributed by atoms with E-state index in [1.54, 1.807) is 0 Å². The zero-order valence-corrected chi connectivity index (χ0v) is 13.2. The summed E-state index contributed by atoms with van der Waals surface area (Å²) >= 11 is 0. The third kappa shape index (κ3) is 3.16. The minimum absolute atomic E-state index is 0.124. The molecule has 0 aromatic rings. The summed E-state index contributed by atoms with van der Waals surface area (Å²) in [6.45, 7) is 10.2. The van der Waals surface area contributed by atoms with E-state index in [1.807, 2.05) is 0 Å². The number of ether oxygens (including phenoxy) is 1. The van der Waals surface area contributed by atoms with E-state index in [4.69, 9.17) is 4.74 Å². The van der Waals surface area contributed by atoms with Crippen molar-refractivity contribution in [3.63, 3.8) is 0 Å². The smallest absolute Gasteiger partial charge is 0.0631 e. The fourth-order valence-corrected chi connectivity index (χ4v) is 4.51. The second-order valence-electron chi connectivity index (χ2n) is 8.44. The quantitative estimate of drug-likeness (QED) is 0.817. The highest BCUT2D eigenvalue weighted by Gasteiger charge is 2.54. The Morgan fingerprint density at radius 2 is 1.89 bits per heavy atom. The Kier molecular flexibility index (Phi) is 3.46. The van der Waals surface area contributed by atoms with Crippen molar-refractivity contribution < 1.29 is 4.74 Å². The Balaban J connectivity index is 1.60. The van der Waals surface area contributed by atoms with Crippen LogP contribution in [-0.2, 0) is 4.74 Å². The van der Waals surface area contributed by atoms with E-state index in [0.29, 0.717) is 17.6 Å². The van der Waals surface area contributed by atoms with E-state index in [-0.39, 0.29) is 5.60 Å². The van der Waals surface area contributed by atoms with Crippen LogP contribution >= 0.6 is 0 Å². The van der Waals surface area contributed by atoms with Crippen LogP contribution in [0.5, 0.6) is 0 Å². The predicted molar refractivity (Wildman–Crippen MR) is 79.2 cm³/mol. The van der Waals surface area contributed by atoms with Crippen LogP contribution in [0.15, 0.2) is 0 Å². The molecule has 3 atom stereocenters. The molecule has 0 aromatic heterocycles. The average Bonchev–Trinajstić information content (AvgIpc) is 2.76. The molecular formula is C17H31NO. The van der Waals surface area contributed by atoms with Crippen LogP contribution in [-0.4, -0.2) is 24.3 Å². The van der Waals surface area contributed by atoms with Gasteiger partial charge in [0.2, 0.25) is 0 Å². The molecule has 110 valence electrons. The molecule has 2 heteroatoms. The minimum atomic E-state index is 0.124. The van der Waals surface area contributed by atoms with Gasteiger partial charge < -0.3 is 10.1 Å². The van der Waals surface area contributed by atoms with E-state index in [1.165, 1.54) is 45.1 Å². The predicted octanol–water partition coefficient (Wildman–Crippen LogP) is 3.75. The van der Waals surface area contributed by atoms with Gasteiger partial charge in [-0.25, -0.2) is 0 Å². The van der Waals surface area contributed by atoms with Gasteiger partial charge in [0.1, 0.15) is 0 Å². The first-order valence-corrected chi connectivity index (χ1v) is 8.29. The maximum absolute atomic E-state index is 6.26. The zero-order chi connectivity index (χ0) is 13.7. The number of hydrogen-bond acceptors (Lipinski definition) is 2. The lowest BCUT2D eigenvalue weighted by molar-refractivity contribution is -0.0367. The van der Waals surface area contributed by atoms with Crippen LogP contribution in [0.3, 0.4) is 0 Å². The van der Waals surface area contributed by atoms with Crippen molar-refractivity contribution >= 4 is 0 Å². The van der Waals surface area contributed by atoms with Crippen molar-refractivity contribution in [1.82, 2.24) is 5.32 Å². The van der Waals surface area contributed by atoms with Crippen LogP contribution in [0, 0.1) is 17.3 Å². The lowest BCUT2D eigenvalue weighted by Crippen LogP contribution is -2.39. The van der Waals surface area contributed by atoms with E-state index in [0.717, 1.165) is 11.8 Å². The molecule has 0 aromatic carbocycles. The molecule has 2 saturated carbocycles. The van der Waals surface area contributed by atoms with Gasteiger partial charge in [0.05, 0.1) is 11.7 Å². The number of hydrogen-bond donors (Lipinski definition) is 1. The summed E-state index contributed by atoms with van der Waals surface area (Å²) in [7, 11) is 0. The molecule has 0 spiro atoms. The molecule has 3 fully saturated rings. The highest BCUT2D eigenvalue weighted by molar-refractivity contribution is 5.05. The summed E-state index contributed by atoms with van der Waals surface area (Å²) in [6, 6.07) is 0.606. The minimum Gasteiger partial charge on any atom is -0.372 e. The standard InChI is InChI=1S/C17H31NO/c1-12(2)18-11-17(8-13-7-14(13)9-17)10-15-5-6-16(3,4)19-15/h12-15,18H,5-11H2,1-4H3. The Labute approximate surface area is 118 Å². The first kappa shape index (κ1) is 13.9. The van der Waals surface area contributed by atoms with Crippen molar-refractivity contribution in [2.75, 3.05) is 6.54 Å². The Morgan fingerprint density at radius 3 is 2.42 bits per heavy atom. The maximum Gasteiger partial charge on any atom is 0.0631 e. The zero-order valence-electron chi connectivity index (χ0n) is 13.2. The van der Waals surface area contributed by atoms with Gasteiger partial charge in [-0.15, -0.1) is 0 Å². The molecule has 2 nitrogen and oxygen atoms in total. The molecular weight excluding hydrogens is 234 g/mol. The molecule has 1 aliphatic heterocycles. The number of rotatable bonds is 5. The number of fused-ring (bicyclic) bond motifs is 1. The monoisotopic (exact) mass is 265 g/mol. The lowest BCUT2D eigenvalue weighted by Gasteiger charge is -2.35. The summed E-state index contributed by atoms with van der Waals surface area (Å²) in [5, 5.41) is 3.71. The summed E-state index contributed by atoms with van der Waals surface area (Å²) in [6.07, 6.45) is 8.74. The molecule has 3 aliphatic rings. The number of nitrogens with one attached hydrogen (secondary N) is 1. The van der Waals surface area contributed by atoms with Crippen molar-refractivity contribution in [3.05, 3.63) is 0 Å². The SMILES string of the molecule is CC(C)NCC1(CC2CCC(C)(C)O2)CC2CC2C1. The van der Waals surface area contributed by atoms with Crippen molar-refractivity contribution in [2.45, 2.75) is 84.0 Å². The summed E-state index contributed by atoms with van der Waals surface area (Å²) < 4.78 is 6.26. The van der Waals surface area contributed by atoms with Crippen LogP contribution in [0.25, 0.3) is 0 Å². The topological polar surface area (TPSA) is 21.3 Å². The van der Waals surface area contributed by atoms with Crippen LogP contribution < -0.4 is 5.32 Å². The third-order valence-electron chi connectivity index (χ3n) is 5.56. The highest BCUT2D eigenvalue weighted by Crippen LogP contribution is 2.61. The van der Waals surface area contributed by atoms with Crippen molar-refractivity contribution in [1.29, 1.82) is 0 Å². The average molecular weight is 265 g/mol. The van der Waals surface area contributed by atoms with Gasteiger partial charge in [-0.3, -0.25) is 0 Å². The van der Waals surface area contributed by atoms with E-state index in [2.05, 4.69) is 33.0 Å². The van der Waals surface area contributed by atoms with E-state index < -0.39 is 0 Å². The third-order valence-corrected chi connectivity index (χ3v) is 5.56. The normalized spacial score (nSPS) is 43.7. The lowest BCUT2D eigenvalue weighted by atomic mass is 9.77. The largest absolute Gasteiger partial charge is 0.372 e. The first-order valence-electron chi connectivity index (χ1n) is 8.29. The summed E-state index contributed by atoms with van der Waals surface area (Å²) in [4.78, 5) is 0. The van der Waals surface area contributed by atoms with Gasteiger partial charge in [0.15, 0.2) is 0 Å². The summed E-state index contributed by atoms with van der Waals surface area (Å²) in [5.41, 5.74) is 0.668. The second kappa shape index (κ2) is 4.73. The van der Waals surface area contributed by atoms with Gasteiger partial charge >= 0.3 is 0 Å². The Hall–Kier alpha value is -0.0800. The molecule has 3 rings (SSSR count). The van der Waals surface area contributed by atoms with E-state index >= 15 is 0 Å². The van der Waals surface area contributed by atoms with Crippen molar-refractivity contribution in [2.24, 2.45) is 17.3 Å². The van der Waals surface area contributed by atoms with Gasteiger partial charge in [-0.2, -0.15) is 0 Å². The highest BCUT2D eigenvalue weighted by atomic mass is 16.5. The summed E-state index contributed by atoms with van der Waals surface area (Å²) in [5.74, 6) is 2.12. The van der Waals surface area contributed by atoms with Crippen LogP contribution in [0.1, 0.15) is 66.2 Å². The Morgan fingerprint density at radius 1 is 1.21 bits per heavy atom. The molecule has 1 N–H and O–H groups in total. The molecule has 0 amide bonds. The van der Waals surface area contributed by atoms with Crippen LogP contribution in [0.2, 0.25) is 0 Å². The molecule has 3 unspecified atom stereocenters.